The Labute approximate surface area is 146 Å². The molecule has 0 fully saturated rings. The molecular formula is C20H34O2Sn. The third kappa shape index (κ3) is 5.58. The molecule has 0 atom stereocenters. The van der Waals surface area contributed by atoms with E-state index in [4.69, 9.17) is 9.47 Å². The summed E-state index contributed by atoms with van der Waals surface area (Å²) in [7, 11) is 0. The predicted molar refractivity (Wildman–Crippen MR) is 101 cm³/mol. The van der Waals surface area contributed by atoms with E-state index in [2.05, 4.69) is 39.0 Å². The van der Waals surface area contributed by atoms with Crippen LogP contribution >= 0.6 is 0 Å². The van der Waals surface area contributed by atoms with Crippen molar-refractivity contribution >= 4 is 18.4 Å². The summed E-state index contributed by atoms with van der Waals surface area (Å²) in [5.41, 5.74) is 1.51. The van der Waals surface area contributed by atoms with E-state index in [0.29, 0.717) is 6.79 Å². The van der Waals surface area contributed by atoms with Gasteiger partial charge in [-0.15, -0.1) is 0 Å². The summed E-state index contributed by atoms with van der Waals surface area (Å²) >= 11 is -2.10. The summed E-state index contributed by atoms with van der Waals surface area (Å²) in [4.78, 5) is 0. The first-order valence-corrected chi connectivity index (χ1v) is 17.7. The molecule has 2 rings (SSSR count). The number of ether oxygens (including phenoxy) is 2. The number of hydrogen-bond donors (Lipinski definition) is 0. The van der Waals surface area contributed by atoms with Gasteiger partial charge in [-0.05, 0) is 0 Å². The van der Waals surface area contributed by atoms with Crippen molar-refractivity contribution in [2.45, 2.75) is 77.0 Å². The molecule has 0 unspecified atom stereocenters. The van der Waals surface area contributed by atoms with Crippen LogP contribution in [0.4, 0.5) is 0 Å². The topological polar surface area (TPSA) is 18.5 Å². The van der Waals surface area contributed by atoms with Crippen LogP contribution in [0.1, 0.15) is 64.9 Å². The maximum absolute atomic E-state index is 5.60. The van der Waals surface area contributed by atoms with Crippen LogP contribution in [0.25, 0.3) is 0 Å². The summed E-state index contributed by atoms with van der Waals surface area (Å²) in [6, 6.07) is 6.68. The maximum atomic E-state index is 5.60. The third-order valence-corrected chi connectivity index (χ3v) is 20.6. The zero-order valence-electron chi connectivity index (χ0n) is 15.3. The first-order chi connectivity index (χ1) is 11.2. The Morgan fingerprint density at radius 3 is 1.96 bits per heavy atom. The van der Waals surface area contributed by atoms with Gasteiger partial charge in [0.25, 0.3) is 0 Å². The van der Waals surface area contributed by atoms with E-state index >= 15 is 0 Å². The Morgan fingerprint density at radius 1 is 0.826 bits per heavy atom. The van der Waals surface area contributed by atoms with Crippen LogP contribution in [0.15, 0.2) is 18.2 Å². The van der Waals surface area contributed by atoms with E-state index in [1.54, 1.807) is 13.3 Å². The van der Waals surface area contributed by atoms with Gasteiger partial charge in [-0.1, -0.05) is 0 Å². The molecule has 1 aliphatic heterocycles. The molecule has 0 saturated carbocycles. The fourth-order valence-electron chi connectivity index (χ4n) is 3.78. The van der Waals surface area contributed by atoms with Gasteiger partial charge in [-0.3, -0.25) is 0 Å². The van der Waals surface area contributed by atoms with Crippen molar-refractivity contribution in [2.75, 3.05) is 6.79 Å². The van der Waals surface area contributed by atoms with Gasteiger partial charge in [0, 0.05) is 0 Å². The first kappa shape index (κ1) is 19.0. The first-order valence-electron chi connectivity index (χ1n) is 9.61. The van der Waals surface area contributed by atoms with Crippen molar-refractivity contribution in [3.8, 4) is 11.5 Å². The molecule has 1 heterocycles. The second-order valence-electron chi connectivity index (χ2n) is 7.18. The molecule has 3 heteroatoms. The van der Waals surface area contributed by atoms with Gasteiger partial charge in [-0.2, -0.15) is 0 Å². The summed E-state index contributed by atoms with van der Waals surface area (Å²) in [5.74, 6) is 1.88. The second kappa shape index (κ2) is 9.80. The van der Waals surface area contributed by atoms with E-state index in [1.807, 2.05) is 0 Å². The molecule has 0 aliphatic carbocycles. The van der Waals surface area contributed by atoms with Crippen molar-refractivity contribution in [1.82, 2.24) is 0 Å². The Kier molecular flexibility index (Phi) is 8.08. The quantitative estimate of drug-likeness (QED) is 0.385. The number of hydrogen-bond acceptors (Lipinski definition) is 2. The molecule has 0 bridgehead atoms. The number of unbranched alkanes of at least 4 members (excludes halogenated alkanes) is 3. The molecule has 0 aromatic heterocycles. The van der Waals surface area contributed by atoms with Crippen LogP contribution in [0.5, 0.6) is 11.5 Å². The average molecular weight is 425 g/mol. The average Bonchev–Trinajstić information content (AvgIpc) is 3.03. The molecule has 1 aromatic rings. The molecule has 0 N–H and O–H groups in total. The van der Waals surface area contributed by atoms with Crippen molar-refractivity contribution in [3.05, 3.63) is 23.8 Å². The molecule has 1 aliphatic rings. The van der Waals surface area contributed by atoms with Crippen molar-refractivity contribution in [3.63, 3.8) is 0 Å². The van der Waals surface area contributed by atoms with E-state index in [1.165, 1.54) is 48.5 Å². The van der Waals surface area contributed by atoms with Gasteiger partial charge < -0.3 is 0 Å². The van der Waals surface area contributed by atoms with Gasteiger partial charge in [0.15, 0.2) is 0 Å². The van der Waals surface area contributed by atoms with Gasteiger partial charge in [0.1, 0.15) is 0 Å². The van der Waals surface area contributed by atoms with E-state index in [-0.39, 0.29) is 0 Å². The molecule has 130 valence electrons. The van der Waals surface area contributed by atoms with E-state index in [9.17, 15) is 0 Å². The van der Waals surface area contributed by atoms with Gasteiger partial charge in [0.2, 0.25) is 0 Å². The van der Waals surface area contributed by atoms with Crippen LogP contribution < -0.4 is 9.47 Å². The molecule has 0 radical (unpaired) electrons. The Hall–Kier alpha value is -0.381. The Morgan fingerprint density at radius 2 is 1.39 bits per heavy atom. The standard InChI is InChI=1S/C8H7O2.3C4H9.Sn/c1-6-2-3-7-8(4-6)10-5-9-7;3*1-3-4-2;/h2-4H,1,5H2;3*1,3-4H2,2H3;. The second-order valence-corrected chi connectivity index (χ2v) is 21.0. The molecule has 23 heavy (non-hydrogen) atoms. The van der Waals surface area contributed by atoms with Crippen LogP contribution in [-0.4, -0.2) is 25.2 Å². The summed E-state index contributed by atoms with van der Waals surface area (Å²) in [6.07, 6.45) is 8.35. The third-order valence-electron chi connectivity index (χ3n) is 5.20. The van der Waals surface area contributed by atoms with Gasteiger partial charge in [-0.25, -0.2) is 0 Å². The predicted octanol–water partition coefficient (Wildman–Crippen LogP) is 6.35. The van der Waals surface area contributed by atoms with Crippen molar-refractivity contribution < 1.29 is 9.47 Å². The summed E-state index contributed by atoms with van der Waals surface area (Å²) in [6.45, 7) is 7.42. The van der Waals surface area contributed by atoms with Crippen LogP contribution in [-0.2, 0) is 4.44 Å². The van der Waals surface area contributed by atoms with Crippen molar-refractivity contribution in [2.24, 2.45) is 0 Å². The van der Waals surface area contributed by atoms with Gasteiger partial charge in [0.05, 0.1) is 0 Å². The monoisotopic (exact) mass is 426 g/mol. The fourth-order valence-corrected chi connectivity index (χ4v) is 20.0. The molecule has 2 nitrogen and oxygen atoms in total. The number of fused-ring (bicyclic) bond motifs is 1. The normalized spacial score (nSPS) is 13.5. The zero-order chi connectivity index (χ0) is 16.5. The van der Waals surface area contributed by atoms with Crippen LogP contribution in [0, 0.1) is 0 Å². The molecule has 0 saturated heterocycles. The number of rotatable bonds is 11. The number of benzene rings is 1. The molecular weight excluding hydrogens is 391 g/mol. The SMILES string of the molecule is CCC[CH2][Sn]([CH2]CCC)([CH2]CCC)[CH2]c1ccc2c(c1)OCO2. The van der Waals surface area contributed by atoms with Crippen LogP contribution in [0.2, 0.25) is 13.3 Å². The molecule has 1 aromatic carbocycles. The Balaban J connectivity index is 2.15. The van der Waals surface area contributed by atoms with E-state index in [0.717, 1.165) is 11.5 Å². The van der Waals surface area contributed by atoms with Crippen LogP contribution in [0.3, 0.4) is 0 Å². The minimum absolute atomic E-state index is 0.384. The fraction of sp³-hybridized carbons (Fsp3) is 0.700. The Bertz CT molecular complexity index is 451. The molecule has 0 amide bonds. The van der Waals surface area contributed by atoms with Gasteiger partial charge >= 0.3 is 147 Å². The zero-order valence-corrected chi connectivity index (χ0v) is 18.2. The van der Waals surface area contributed by atoms with E-state index < -0.39 is 18.4 Å². The molecule has 0 spiro atoms. The van der Waals surface area contributed by atoms with Crippen molar-refractivity contribution in [1.29, 1.82) is 0 Å². The summed E-state index contributed by atoms with van der Waals surface area (Å²) < 4.78 is 17.2. The minimum atomic E-state index is -2.10. The summed E-state index contributed by atoms with van der Waals surface area (Å²) in [5, 5.41) is 0.